The zero-order valence-electron chi connectivity index (χ0n) is 10.4. The van der Waals surface area contributed by atoms with Crippen LogP contribution >= 0.6 is 24.0 Å². The van der Waals surface area contributed by atoms with Crippen molar-refractivity contribution in [3.8, 4) is 0 Å². The summed E-state index contributed by atoms with van der Waals surface area (Å²) >= 11 is 0. The topological polar surface area (TPSA) is 92.4 Å². The van der Waals surface area contributed by atoms with Gasteiger partial charge in [0.1, 0.15) is 12.4 Å². The number of aliphatic imine (C=N–C) groups is 1. The molecule has 0 spiro atoms. The molecule has 0 saturated carbocycles. The molecule has 0 aliphatic heterocycles. The van der Waals surface area contributed by atoms with Gasteiger partial charge in [0.05, 0.1) is 0 Å². The number of carbonyl (C=O) groups is 1. The average molecular weight is 363 g/mol. The Bertz CT molecular complexity index is 394. The highest BCUT2D eigenvalue weighted by molar-refractivity contribution is 14.0. The second-order valence-corrected chi connectivity index (χ2v) is 3.76. The summed E-state index contributed by atoms with van der Waals surface area (Å²) in [5.74, 6) is 0.603. The van der Waals surface area contributed by atoms with Crippen molar-refractivity contribution in [3.63, 3.8) is 0 Å². The predicted molar refractivity (Wildman–Crippen MR) is 83.0 cm³/mol. The molecule has 1 amide bonds. The van der Waals surface area contributed by atoms with Crippen LogP contribution in [-0.4, -0.2) is 29.4 Å². The van der Waals surface area contributed by atoms with Gasteiger partial charge >= 0.3 is 0 Å². The van der Waals surface area contributed by atoms with Gasteiger partial charge in [-0.25, -0.2) is 9.98 Å². The van der Waals surface area contributed by atoms with Crippen LogP contribution in [-0.2, 0) is 4.79 Å². The molecule has 1 aromatic rings. The van der Waals surface area contributed by atoms with Crippen LogP contribution in [0.25, 0.3) is 0 Å². The minimum Gasteiger partial charge on any atom is -0.370 e. The van der Waals surface area contributed by atoms with E-state index in [-0.39, 0.29) is 48.4 Å². The van der Waals surface area contributed by atoms with Gasteiger partial charge in [-0.3, -0.25) is 4.79 Å². The zero-order valence-corrected chi connectivity index (χ0v) is 12.7. The molecule has 0 unspecified atom stereocenters. The molecular formula is C11H18IN5O. The third-order valence-electron chi connectivity index (χ3n) is 1.76. The van der Waals surface area contributed by atoms with Gasteiger partial charge in [0.25, 0.3) is 0 Å². The van der Waals surface area contributed by atoms with Gasteiger partial charge in [0.2, 0.25) is 5.91 Å². The molecule has 6 nitrogen and oxygen atoms in total. The molecule has 0 aliphatic rings. The Morgan fingerprint density at radius 1 is 1.50 bits per heavy atom. The van der Waals surface area contributed by atoms with Crippen LogP contribution in [0.2, 0.25) is 0 Å². The van der Waals surface area contributed by atoms with Gasteiger partial charge in [-0.1, -0.05) is 6.07 Å². The van der Waals surface area contributed by atoms with Gasteiger partial charge in [-0.15, -0.1) is 24.0 Å². The van der Waals surface area contributed by atoms with Crippen molar-refractivity contribution in [2.75, 3.05) is 11.9 Å². The molecule has 0 radical (unpaired) electrons. The van der Waals surface area contributed by atoms with Crippen LogP contribution in [0.5, 0.6) is 0 Å². The largest absolute Gasteiger partial charge is 0.370 e. The summed E-state index contributed by atoms with van der Waals surface area (Å²) in [5, 5.41) is 5.50. The van der Waals surface area contributed by atoms with Crippen molar-refractivity contribution in [2.45, 2.75) is 19.9 Å². The lowest BCUT2D eigenvalue weighted by Gasteiger charge is -2.07. The summed E-state index contributed by atoms with van der Waals surface area (Å²) in [5.41, 5.74) is 5.60. The number of nitrogens with one attached hydrogen (secondary N) is 2. The van der Waals surface area contributed by atoms with Crippen LogP contribution in [0.15, 0.2) is 29.4 Å². The van der Waals surface area contributed by atoms with E-state index in [1.807, 2.05) is 19.9 Å². The lowest BCUT2D eigenvalue weighted by molar-refractivity contribution is -0.120. The van der Waals surface area contributed by atoms with Crippen molar-refractivity contribution >= 4 is 41.7 Å². The van der Waals surface area contributed by atoms with Crippen LogP contribution in [0.3, 0.4) is 0 Å². The second kappa shape index (κ2) is 8.67. The predicted octanol–water partition coefficient (Wildman–Crippen LogP) is 0.951. The monoisotopic (exact) mass is 363 g/mol. The maximum atomic E-state index is 11.3. The minimum atomic E-state index is -0.161. The second-order valence-electron chi connectivity index (χ2n) is 3.76. The summed E-state index contributed by atoms with van der Waals surface area (Å²) in [7, 11) is 0. The Labute approximate surface area is 123 Å². The Morgan fingerprint density at radius 3 is 2.78 bits per heavy atom. The van der Waals surface area contributed by atoms with Crippen molar-refractivity contribution in [1.82, 2.24) is 10.3 Å². The number of carbonyl (C=O) groups excluding carboxylic acids is 1. The standard InChI is InChI=1S/C11H17N5O.HI/c1-8(2)15-10(17)7-14-11(12)16-9-5-3-4-6-13-9;/h3-6,8H,7H2,1-2H3,(H,15,17)(H3,12,13,14,16);1H. The van der Waals surface area contributed by atoms with Crippen LogP contribution in [0.1, 0.15) is 13.8 Å². The minimum absolute atomic E-state index is 0. The van der Waals surface area contributed by atoms with Gasteiger partial charge in [-0.2, -0.15) is 0 Å². The number of hydrogen-bond acceptors (Lipinski definition) is 3. The number of rotatable bonds is 4. The first-order valence-electron chi connectivity index (χ1n) is 5.35. The van der Waals surface area contributed by atoms with Gasteiger partial charge in [0, 0.05) is 12.2 Å². The van der Waals surface area contributed by atoms with Crippen LogP contribution < -0.4 is 16.4 Å². The van der Waals surface area contributed by atoms with Gasteiger partial charge in [-0.05, 0) is 26.0 Å². The SMILES string of the molecule is CC(C)NC(=O)CN=C(N)Nc1ccccn1.I. The first-order chi connectivity index (χ1) is 8.08. The normalized spacial score (nSPS) is 10.7. The average Bonchev–Trinajstić information content (AvgIpc) is 2.27. The summed E-state index contributed by atoms with van der Waals surface area (Å²) < 4.78 is 0. The summed E-state index contributed by atoms with van der Waals surface area (Å²) in [6, 6.07) is 5.49. The Hall–Kier alpha value is -1.38. The van der Waals surface area contributed by atoms with Crippen LogP contribution in [0, 0.1) is 0 Å². The summed E-state index contributed by atoms with van der Waals surface area (Å²) in [6.45, 7) is 3.78. The zero-order chi connectivity index (χ0) is 12.7. The van der Waals surface area contributed by atoms with Crippen molar-refractivity contribution in [3.05, 3.63) is 24.4 Å². The first-order valence-corrected chi connectivity index (χ1v) is 5.35. The Morgan fingerprint density at radius 2 is 2.22 bits per heavy atom. The molecule has 0 fully saturated rings. The molecule has 7 heteroatoms. The fraction of sp³-hybridized carbons (Fsp3) is 0.364. The van der Waals surface area contributed by atoms with Gasteiger partial charge in [0.15, 0.2) is 5.96 Å². The lowest BCUT2D eigenvalue weighted by atomic mass is 10.4. The highest BCUT2D eigenvalue weighted by Crippen LogP contribution is 1.98. The van der Waals surface area contributed by atoms with Gasteiger partial charge < -0.3 is 16.4 Å². The first kappa shape index (κ1) is 16.6. The highest BCUT2D eigenvalue weighted by Gasteiger charge is 2.02. The third-order valence-corrected chi connectivity index (χ3v) is 1.76. The highest BCUT2D eigenvalue weighted by atomic mass is 127. The maximum Gasteiger partial charge on any atom is 0.242 e. The number of anilines is 1. The molecule has 0 bridgehead atoms. The lowest BCUT2D eigenvalue weighted by Crippen LogP contribution is -2.33. The van der Waals surface area contributed by atoms with Crippen molar-refractivity contribution in [1.29, 1.82) is 0 Å². The van der Waals surface area contributed by atoms with E-state index < -0.39 is 0 Å². The smallest absolute Gasteiger partial charge is 0.242 e. The van der Waals surface area contributed by atoms with E-state index in [9.17, 15) is 4.79 Å². The molecule has 4 N–H and O–H groups in total. The number of aromatic nitrogens is 1. The molecule has 1 rings (SSSR count). The molecule has 0 aliphatic carbocycles. The fourth-order valence-corrected chi connectivity index (χ4v) is 1.13. The molecule has 1 aromatic heterocycles. The molecule has 18 heavy (non-hydrogen) atoms. The quantitative estimate of drug-likeness (QED) is 0.422. The van der Waals surface area contributed by atoms with E-state index in [0.29, 0.717) is 5.82 Å². The van der Waals surface area contributed by atoms with E-state index in [4.69, 9.17) is 5.73 Å². The third kappa shape index (κ3) is 7.05. The number of hydrogen-bond donors (Lipinski definition) is 3. The number of guanidine groups is 1. The molecule has 0 aromatic carbocycles. The summed E-state index contributed by atoms with van der Waals surface area (Å²) in [4.78, 5) is 19.2. The molecule has 0 saturated heterocycles. The number of nitrogens with two attached hydrogens (primary N) is 1. The number of nitrogens with zero attached hydrogens (tertiary/aromatic N) is 2. The maximum absolute atomic E-state index is 11.3. The molecule has 0 atom stereocenters. The molecule has 100 valence electrons. The van der Waals surface area contributed by atoms with Crippen molar-refractivity contribution in [2.24, 2.45) is 10.7 Å². The van der Waals surface area contributed by atoms with E-state index >= 15 is 0 Å². The number of halogens is 1. The summed E-state index contributed by atoms with van der Waals surface area (Å²) in [6.07, 6.45) is 1.64. The van der Waals surface area contributed by atoms with E-state index in [0.717, 1.165) is 0 Å². The molecular weight excluding hydrogens is 345 g/mol. The number of amides is 1. The molecule has 1 heterocycles. The Kier molecular flexibility index (Phi) is 8.01. The fourth-order valence-electron chi connectivity index (χ4n) is 1.13. The van der Waals surface area contributed by atoms with Crippen molar-refractivity contribution < 1.29 is 4.79 Å². The van der Waals surface area contributed by atoms with E-state index in [1.165, 1.54) is 0 Å². The Balaban J connectivity index is 0.00000289. The van der Waals surface area contributed by atoms with Crippen LogP contribution in [0.4, 0.5) is 5.82 Å². The van der Waals surface area contributed by atoms with E-state index in [1.54, 1.807) is 18.3 Å². The van der Waals surface area contributed by atoms with E-state index in [2.05, 4.69) is 20.6 Å². The number of pyridine rings is 1.